The van der Waals surface area contributed by atoms with Crippen LogP contribution in [0.4, 0.5) is 16.3 Å². The van der Waals surface area contributed by atoms with E-state index >= 15 is 0 Å². The van der Waals surface area contributed by atoms with E-state index in [0.29, 0.717) is 0 Å². The molecule has 0 fully saturated rings. The van der Waals surface area contributed by atoms with Gasteiger partial charge in [0.05, 0.1) is 0 Å². The van der Waals surface area contributed by atoms with Gasteiger partial charge in [-0.1, -0.05) is 0 Å². The quantitative estimate of drug-likeness (QED) is 0.442. The van der Waals surface area contributed by atoms with Crippen LogP contribution in [0.15, 0.2) is 27.9 Å². The number of aromatic hydroxyl groups is 1. The molecule has 2 aromatic rings. The third-order valence-corrected chi connectivity index (χ3v) is 2.40. The van der Waals surface area contributed by atoms with E-state index in [1.54, 1.807) is 4.98 Å². The number of anilines is 2. The Morgan fingerprint density at radius 3 is 2.55 bits per heavy atom. The zero-order valence-electron chi connectivity index (χ0n) is 10.7. The first kappa shape index (κ1) is 14.8. The van der Waals surface area contributed by atoms with E-state index in [4.69, 9.17) is 5.11 Å². The predicted octanol–water partition coefficient (Wildman–Crippen LogP) is -0.494. The number of carboxylic acid groups (broad SMARTS) is 1. The van der Waals surface area contributed by atoms with Crippen molar-refractivity contribution in [1.82, 2.24) is 15.0 Å². The highest BCUT2D eigenvalue weighted by Crippen LogP contribution is 2.14. The summed E-state index contributed by atoms with van der Waals surface area (Å²) in [6.07, 6.45) is -0.122. The number of pyridine rings is 1. The molecule has 0 unspecified atom stereocenters. The first-order chi connectivity index (χ1) is 10.4. The Kier molecular flexibility index (Phi) is 3.88. The normalized spacial score (nSPS) is 10.0. The lowest BCUT2D eigenvalue weighted by Crippen LogP contribution is -2.30. The minimum atomic E-state index is -1.34. The standard InChI is InChI=1S/C11H9N5O6/c17-7(6-8(18)15-10(20)16-9(6)19)13-4-1-2-12-5(3-4)14-11(21)22/h1-3H,(H,21,22)(H2,12,13,14,17)(H3,15,16,18,19,20). The Morgan fingerprint density at radius 1 is 1.18 bits per heavy atom. The number of nitrogens with one attached hydrogen (secondary N) is 4. The molecule has 0 spiro atoms. The van der Waals surface area contributed by atoms with Gasteiger partial charge >= 0.3 is 11.8 Å². The lowest BCUT2D eigenvalue weighted by molar-refractivity contribution is 0.102. The average molecular weight is 307 g/mol. The van der Waals surface area contributed by atoms with Gasteiger partial charge in [-0.25, -0.2) is 14.6 Å². The van der Waals surface area contributed by atoms with Crippen molar-refractivity contribution in [3.05, 3.63) is 44.7 Å². The largest absolute Gasteiger partial charge is 0.494 e. The molecule has 2 aromatic heterocycles. The number of rotatable bonds is 3. The highest BCUT2D eigenvalue weighted by Gasteiger charge is 2.17. The molecule has 0 aliphatic rings. The van der Waals surface area contributed by atoms with Crippen LogP contribution in [0.5, 0.6) is 5.88 Å². The Hall–Kier alpha value is -3.63. The van der Waals surface area contributed by atoms with Crippen LogP contribution in [-0.4, -0.2) is 37.2 Å². The van der Waals surface area contributed by atoms with Crippen LogP contribution >= 0.6 is 0 Å². The molecule has 0 saturated heterocycles. The maximum Gasteiger partial charge on any atom is 0.410 e. The second-order valence-corrected chi connectivity index (χ2v) is 3.95. The van der Waals surface area contributed by atoms with Crippen LogP contribution in [0.2, 0.25) is 0 Å². The number of nitrogens with zero attached hydrogens (tertiary/aromatic N) is 1. The van der Waals surface area contributed by atoms with Gasteiger partial charge in [-0.15, -0.1) is 0 Å². The smallest absolute Gasteiger partial charge is 0.410 e. The Bertz CT molecular complexity index is 855. The zero-order chi connectivity index (χ0) is 16.3. The van der Waals surface area contributed by atoms with Crippen molar-refractivity contribution in [3.63, 3.8) is 0 Å². The first-order valence-electron chi connectivity index (χ1n) is 5.69. The molecule has 11 nitrogen and oxygen atoms in total. The van der Waals surface area contributed by atoms with Crippen LogP contribution in [-0.2, 0) is 0 Å². The number of amides is 2. The lowest BCUT2D eigenvalue weighted by Gasteiger charge is -2.07. The maximum atomic E-state index is 11.9. The molecule has 0 saturated carbocycles. The van der Waals surface area contributed by atoms with Gasteiger partial charge < -0.3 is 15.5 Å². The number of hydrogen-bond donors (Lipinski definition) is 6. The van der Waals surface area contributed by atoms with Gasteiger partial charge in [-0.05, 0) is 6.07 Å². The number of H-pyrrole nitrogens is 2. The lowest BCUT2D eigenvalue weighted by atomic mass is 10.3. The maximum absolute atomic E-state index is 11.9. The molecule has 114 valence electrons. The third kappa shape index (κ3) is 3.27. The zero-order valence-corrected chi connectivity index (χ0v) is 10.7. The van der Waals surface area contributed by atoms with Crippen molar-refractivity contribution < 1.29 is 19.8 Å². The molecule has 11 heteroatoms. The van der Waals surface area contributed by atoms with Gasteiger partial charge in [0.25, 0.3) is 11.5 Å². The molecular weight excluding hydrogens is 298 g/mol. The second kappa shape index (κ2) is 5.78. The molecule has 0 atom stereocenters. The van der Waals surface area contributed by atoms with Crippen LogP contribution in [0.3, 0.4) is 0 Å². The van der Waals surface area contributed by atoms with Crippen molar-refractivity contribution >= 4 is 23.5 Å². The summed E-state index contributed by atoms with van der Waals surface area (Å²) in [4.78, 5) is 52.2. The highest BCUT2D eigenvalue weighted by atomic mass is 16.4. The predicted molar refractivity (Wildman–Crippen MR) is 73.2 cm³/mol. The fraction of sp³-hybridized carbons (Fsp3) is 0. The van der Waals surface area contributed by atoms with Crippen molar-refractivity contribution in [1.29, 1.82) is 0 Å². The highest BCUT2D eigenvalue weighted by molar-refractivity contribution is 6.05. The third-order valence-electron chi connectivity index (χ3n) is 2.40. The summed E-state index contributed by atoms with van der Waals surface area (Å²) >= 11 is 0. The summed E-state index contributed by atoms with van der Waals surface area (Å²) in [6, 6.07) is 2.53. The van der Waals surface area contributed by atoms with Crippen molar-refractivity contribution in [2.24, 2.45) is 0 Å². The Morgan fingerprint density at radius 2 is 1.91 bits per heavy atom. The topological polar surface area (TPSA) is 177 Å². The monoisotopic (exact) mass is 307 g/mol. The van der Waals surface area contributed by atoms with E-state index in [0.717, 1.165) is 0 Å². The average Bonchev–Trinajstić information content (AvgIpc) is 2.36. The minimum Gasteiger partial charge on any atom is -0.494 e. The first-order valence-corrected chi connectivity index (χ1v) is 5.69. The molecule has 0 aliphatic heterocycles. The van der Waals surface area contributed by atoms with Crippen LogP contribution in [0.1, 0.15) is 10.4 Å². The summed E-state index contributed by atoms with van der Waals surface area (Å²) in [5, 5.41) is 22.3. The van der Waals surface area contributed by atoms with Crippen molar-refractivity contribution in [2.45, 2.75) is 0 Å². The summed E-state index contributed by atoms with van der Waals surface area (Å²) < 4.78 is 0. The van der Waals surface area contributed by atoms with E-state index in [9.17, 15) is 24.3 Å². The van der Waals surface area contributed by atoms with Crippen LogP contribution in [0, 0.1) is 0 Å². The molecule has 2 rings (SSSR count). The van der Waals surface area contributed by atoms with Crippen molar-refractivity contribution in [3.8, 4) is 5.88 Å². The van der Waals surface area contributed by atoms with Gasteiger partial charge in [0, 0.05) is 18.0 Å². The molecule has 0 aromatic carbocycles. The number of carbonyl (C=O) groups excluding carboxylic acids is 1. The van der Waals surface area contributed by atoms with E-state index in [1.807, 2.05) is 10.3 Å². The fourth-order valence-corrected chi connectivity index (χ4v) is 1.56. The molecule has 0 bridgehead atoms. The molecule has 22 heavy (non-hydrogen) atoms. The molecule has 0 aliphatic carbocycles. The minimum absolute atomic E-state index is 0.0510. The SMILES string of the molecule is O=C(O)Nc1cc(NC(=O)c2c(O)[nH]c(=O)[nH]c2=O)ccn1. The number of aromatic nitrogens is 3. The van der Waals surface area contributed by atoms with Gasteiger partial charge in [0.1, 0.15) is 5.82 Å². The van der Waals surface area contributed by atoms with Crippen LogP contribution in [0.25, 0.3) is 0 Å². The van der Waals surface area contributed by atoms with E-state index in [-0.39, 0.29) is 11.5 Å². The fourth-order valence-electron chi connectivity index (χ4n) is 1.56. The summed E-state index contributed by atoms with van der Waals surface area (Å²) in [5.74, 6) is -1.93. The second-order valence-electron chi connectivity index (χ2n) is 3.95. The number of hydrogen-bond acceptors (Lipinski definition) is 6. The molecule has 2 amide bonds. The van der Waals surface area contributed by atoms with Gasteiger partial charge in [-0.2, -0.15) is 0 Å². The van der Waals surface area contributed by atoms with Crippen molar-refractivity contribution in [2.75, 3.05) is 10.6 Å². The summed E-state index contributed by atoms with van der Waals surface area (Å²) in [7, 11) is 0. The van der Waals surface area contributed by atoms with E-state index < -0.39 is 34.7 Å². The molecule has 6 N–H and O–H groups in total. The van der Waals surface area contributed by atoms with Gasteiger partial charge in [0.15, 0.2) is 5.56 Å². The molecule has 2 heterocycles. The summed E-state index contributed by atoms with van der Waals surface area (Å²) in [5.41, 5.74) is -2.61. The number of aromatic amines is 2. The van der Waals surface area contributed by atoms with Crippen LogP contribution < -0.4 is 21.9 Å². The Balaban J connectivity index is 2.28. The van der Waals surface area contributed by atoms with E-state index in [1.165, 1.54) is 18.3 Å². The van der Waals surface area contributed by atoms with E-state index in [2.05, 4.69) is 10.3 Å². The van der Waals surface area contributed by atoms with Gasteiger partial charge in [-0.3, -0.25) is 24.9 Å². The molecule has 0 radical (unpaired) electrons. The van der Waals surface area contributed by atoms with Gasteiger partial charge in [0.2, 0.25) is 5.88 Å². The summed E-state index contributed by atoms with van der Waals surface area (Å²) in [6.45, 7) is 0. The number of carbonyl (C=O) groups is 2. The molecular formula is C11H9N5O6. The Labute approximate surface area is 120 Å².